The van der Waals surface area contributed by atoms with Gasteiger partial charge in [-0.25, -0.2) is 4.98 Å². The lowest BCUT2D eigenvalue weighted by Gasteiger charge is -2.06. The van der Waals surface area contributed by atoms with Crippen LogP contribution in [0.5, 0.6) is 0 Å². The maximum Gasteiger partial charge on any atom is 0.288 e. The van der Waals surface area contributed by atoms with Crippen LogP contribution in [0.4, 0.5) is 0 Å². The first-order valence-corrected chi connectivity index (χ1v) is 6.05. The molecule has 15 heavy (non-hydrogen) atoms. The van der Waals surface area contributed by atoms with E-state index >= 15 is 0 Å². The van der Waals surface area contributed by atoms with Gasteiger partial charge in [0.2, 0.25) is 0 Å². The summed E-state index contributed by atoms with van der Waals surface area (Å²) in [4.78, 5) is 15.6. The largest absolute Gasteiger partial charge is 0.288 e. The first kappa shape index (κ1) is 10.8. The maximum atomic E-state index is 11.8. The number of nitrogens with zero attached hydrogens (tertiary/aromatic N) is 2. The van der Waals surface area contributed by atoms with E-state index in [1.807, 2.05) is 24.3 Å². The Balaban J connectivity index is 2.70. The fourth-order valence-corrected chi connectivity index (χ4v) is 2.18. The van der Waals surface area contributed by atoms with E-state index in [4.69, 9.17) is 0 Å². The van der Waals surface area contributed by atoms with E-state index < -0.39 is 0 Å². The Bertz CT molecular complexity index is 553. The minimum absolute atomic E-state index is 0.151. The van der Waals surface area contributed by atoms with Gasteiger partial charge in [-0.15, -0.1) is 0 Å². The zero-order chi connectivity index (χ0) is 10.8. The normalized spacial score (nSPS) is 10.3. The Kier molecular flexibility index (Phi) is 3.20. The molecule has 0 saturated carbocycles. The van der Waals surface area contributed by atoms with Crippen LogP contribution < -0.4 is 5.56 Å². The zero-order valence-corrected chi connectivity index (χ0v) is 11.3. The molecule has 1 aromatic heterocycles. The van der Waals surface area contributed by atoms with Gasteiger partial charge in [0.05, 0.1) is 5.69 Å². The summed E-state index contributed by atoms with van der Waals surface area (Å²) in [6.07, 6.45) is 3.25. The number of hydrogen-bond acceptors (Lipinski definition) is 2. The predicted octanol–water partition coefficient (Wildman–Crippen LogP) is 2.60. The molecule has 0 aliphatic heterocycles. The highest BCUT2D eigenvalue weighted by Gasteiger charge is 2.05. The van der Waals surface area contributed by atoms with E-state index in [1.165, 1.54) is 0 Å². The van der Waals surface area contributed by atoms with Gasteiger partial charge in [-0.05, 0) is 50.7 Å². The van der Waals surface area contributed by atoms with Gasteiger partial charge in [-0.3, -0.25) is 9.36 Å². The molecule has 1 aromatic carbocycles. The molecule has 0 amide bonds. The fraction of sp³-hybridized carbons (Fsp3) is 0. The first-order chi connectivity index (χ1) is 7.20. The summed E-state index contributed by atoms with van der Waals surface area (Å²) in [5.41, 5.74) is 0.716. The van der Waals surface area contributed by atoms with Crippen LogP contribution in [0, 0.1) is 3.57 Å². The number of aromatic nitrogens is 2. The van der Waals surface area contributed by atoms with Crippen molar-refractivity contribution in [1.82, 2.24) is 9.55 Å². The highest BCUT2D eigenvalue weighted by molar-refractivity contribution is 14.1. The number of halogens is 2. The summed E-state index contributed by atoms with van der Waals surface area (Å²) < 4.78 is 2.92. The van der Waals surface area contributed by atoms with Crippen LogP contribution in [0.2, 0.25) is 0 Å². The van der Waals surface area contributed by atoms with Gasteiger partial charge in [-0.2, -0.15) is 0 Å². The lowest BCUT2D eigenvalue weighted by Crippen LogP contribution is -2.19. The number of rotatable bonds is 1. The van der Waals surface area contributed by atoms with Crippen LogP contribution in [-0.2, 0) is 0 Å². The second kappa shape index (κ2) is 4.44. The SMILES string of the molecule is O=c1c(Br)nccn1-c1ccccc1I. The molecule has 0 aliphatic carbocycles. The third kappa shape index (κ3) is 2.12. The predicted molar refractivity (Wildman–Crippen MR) is 70.3 cm³/mol. The quantitative estimate of drug-likeness (QED) is 0.717. The maximum absolute atomic E-state index is 11.8. The van der Waals surface area contributed by atoms with Crippen molar-refractivity contribution < 1.29 is 0 Å². The fourth-order valence-electron chi connectivity index (χ4n) is 1.22. The molecule has 3 nitrogen and oxygen atoms in total. The molecule has 0 unspecified atom stereocenters. The van der Waals surface area contributed by atoms with E-state index in [9.17, 15) is 4.79 Å². The summed E-state index contributed by atoms with van der Waals surface area (Å²) in [5.74, 6) is 0. The first-order valence-electron chi connectivity index (χ1n) is 4.18. The van der Waals surface area contributed by atoms with Gasteiger partial charge >= 0.3 is 0 Å². The van der Waals surface area contributed by atoms with Crippen molar-refractivity contribution in [3.8, 4) is 5.69 Å². The molecule has 76 valence electrons. The highest BCUT2D eigenvalue weighted by atomic mass is 127. The van der Waals surface area contributed by atoms with Crippen molar-refractivity contribution in [3.05, 3.63) is 55.2 Å². The molecule has 0 spiro atoms. The summed E-state index contributed by atoms with van der Waals surface area (Å²) >= 11 is 5.32. The molecule has 2 rings (SSSR count). The topological polar surface area (TPSA) is 34.9 Å². The molecule has 0 aliphatic rings. The molecule has 2 aromatic rings. The summed E-state index contributed by atoms with van der Waals surface area (Å²) in [6, 6.07) is 7.69. The van der Waals surface area contributed by atoms with Crippen molar-refractivity contribution in [1.29, 1.82) is 0 Å². The monoisotopic (exact) mass is 376 g/mol. The molecule has 0 N–H and O–H groups in total. The molecule has 0 atom stereocenters. The number of hydrogen-bond donors (Lipinski definition) is 0. The second-order valence-electron chi connectivity index (χ2n) is 2.84. The van der Waals surface area contributed by atoms with Crippen LogP contribution in [0.15, 0.2) is 46.1 Å². The van der Waals surface area contributed by atoms with Crippen molar-refractivity contribution in [3.63, 3.8) is 0 Å². The zero-order valence-electron chi connectivity index (χ0n) is 7.52. The van der Waals surface area contributed by atoms with E-state index in [0.717, 1.165) is 9.26 Å². The highest BCUT2D eigenvalue weighted by Crippen LogP contribution is 2.14. The lowest BCUT2D eigenvalue weighted by molar-refractivity contribution is 0.934. The molecule has 1 heterocycles. The second-order valence-corrected chi connectivity index (χ2v) is 4.76. The number of benzene rings is 1. The Morgan fingerprint density at radius 1 is 1.33 bits per heavy atom. The van der Waals surface area contributed by atoms with Gasteiger partial charge in [0.25, 0.3) is 5.56 Å². The summed E-state index contributed by atoms with van der Waals surface area (Å²) in [7, 11) is 0. The van der Waals surface area contributed by atoms with Gasteiger partial charge in [0.1, 0.15) is 0 Å². The summed E-state index contributed by atoms with van der Waals surface area (Å²) in [6.45, 7) is 0. The van der Waals surface area contributed by atoms with Crippen LogP contribution in [0.1, 0.15) is 0 Å². The average Bonchev–Trinajstić information content (AvgIpc) is 2.23. The summed E-state index contributed by atoms with van der Waals surface area (Å²) in [5, 5.41) is 0. The molecule has 0 bridgehead atoms. The van der Waals surface area contributed by atoms with Crippen LogP contribution in [0.25, 0.3) is 5.69 Å². The average molecular weight is 377 g/mol. The van der Waals surface area contributed by atoms with Crippen LogP contribution in [-0.4, -0.2) is 9.55 Å². The molecule has 0 fully saturated rings. The third-order valence-corrected chi connectivity index (χ3v) is 3.37. The Morgan fingerprint density at radius 3 is 2.80 bits per heavy atom. The third-order valence-electron chi connectivity index (χ3n) is 1.91. The van der Waals surface area contributed by atoms with Crippen molar-refractivity contribution in [2.75, 3.05) is 0 Å². The Labute approximate surface area is 108 Å². The van der Waals surface area contributed by atoms with E-state index in [-0.39, 0.29) is 5.56 Å². The smallest absolute Gasteiger partial charge is 0.279 e. The van der Waals surface area contributed by atoms with Gasteiger partial charge in [-0.1, -0.05) is 12.1 Å². The van der Waals surface area contributed by atoms with Crippen molar-refractivity contribution >= 4 is 38.5 Å². The minimum Gasteiger partial charge on any atom is -0.279 e. The van der Waals surface area contributed by atoms with Gasteiger partial charge in [0, 0.05) is 16.0 Å². The Morgan fingerprint density at radius 2 is 2.07 bits per heavy atom. The number of para-hydroxylation sites is 1. The standard InChI is InChI=1S/C10H6BrIN2O/c11-9-10(15)14(6-5-13-9)8-4-2-1-3-7(8)12/h1-6H. The Hall–Kier alpha value is -0.690. The molecule has 5 heteroatoms. The molecular weight excluding hydrogens is 371 g/mol. The van der Waals surface area contributed by atoms with Crippen molar-refractivity contribution in [2.24, 2.45) is 0 Å². The minimum atomic E-state index is -0.151. The molecular formula is C10H6BrIN2O. The molecule has 0 radical (unpaired) electrons. The lowest BCUT2D eigenvalue weighted by atomic mass is 10.3. The van der Waals surface area contributed by atoms with E-state index in [0.29, 0.717) is 4.60 Å². The van der Waals surface area contributed by atoms with E-state index in [1.54, 1.807) is 17.0 Å². The molecule has 0 saturated heterocycles. The van der Waals surface area contributed by atoms with E-state index in [2.05, 4.69) is 43.5 Å². The van der Waals surface area contributed by atoms with Crippen LogP contribution >= 0.6 is 38.5 Å². The van der Waals surface area contributed by atoms with Gasteiger partial charge < -0.3 is 0 Å². The van der Waals surface area contributed by atoms with Crippen molar-refractivity contribution in [2.45, 2.75) is 0 Å². The van der Waals surface area contributed by atoms with Gasteiger partial charge in [0.15, 0.2) is 4.60 Å². The van der Waals surface area contributed by atoms with Crippen LogP contribution in [0.3, 0.4) is 0 Å².